The molecule has 0 saturated carbocycles. The lowest BCUT2D eigenvalue weighted by molar-refractivity contribution is 0.652. The Labute approximate surface area is 129 Å². The standard InChI is InChI=1S/C20H27N/c1-12-13(2)15(4)20(16(5)14(12)3)19-10-8-9-18(11-19)17(6)21-7/h8-11,17,21H,1-7H3. The zero-order chi connectivity index (χ0) is 15.7. The molecule has 2 rings (SSSR count). The van der Waals surface area contributed by atoms with Crippen molar-refractivity contribution in [2.75, 3.05) is 7.05 Å². The zero-order valence-corrected chi connectivity index (χ0v) is 14.4. The van der Waals surface area contributed by atoms with E-state index in [0.29, 0.717) is 6.04 Å². The summed E-state index contributed by atoms with van der Waals surface area (Å²) >= 11 is 0. The predicted octanol–water partition coefficient (Wildman–Crippen LogP) is 5.18. The van der Waals surface area contributed by atoms with Gasteiger partial charge in [0.2, 0.25) is 0 Å². The molecule has 0 aliphatic carbocycles. The van der Waals surface area contributed by atoms with Gasteiger partial charge in [0.05, 0.1) is 0 Å². The normalized spacial score (nSPS) is 12.5. The van der Waals surface area contributed by atoms with Gasteiger partial charge in [0.15, 0.2) is 0 Å². The third-order valence-corrected chi connectivity index (χ3v) is 5.11. The van der Waals surface area contributed by atoms with Crippen LogP contribution < -0.4 is 5.32 Å². The van der Waals surface area contributed by atoms with Gasteiger partial charge >= 0.3 is 0 Å². The van der Waals surface area contributed by atoms with E-state index in [-0.39, 0.29) is 0 Å². The maximum absolute atomic E-state index is 3.32. The van der Waals surface area contributed by atoms with Gasteiger partial charge in [-0.25, -0.2) is 0 Å². The van der Waals surface area contributed by atoms with E-state index in [1.807, 2.05) is 7.05 Å². The van der Waals surface area contributed by atoms with Gasteiger partial charge in [-0.3, -0.25) is 0 Å². The van der Waals surface area contributed by atoms with Crippen molar-refractivity contribution in [2.45, 2.75) is 47.6 Å². The van der Waals surface area contributed by atoms with Crippen molar-refractivity contribution in [3.05, 3.63) is 57.6 Å². The highest BCUT2D eigenvalue weighted by atomic mass is 14.8. The summed E-state index contributed by atoms with van der Waals surface area (Å²) in [5.74, 6) is 0. The van der Waals surface area contributed by atoms with E-state index in [2.05, 4.69) is 71.1 Å². The zero-order valence-electron chi connectivity index (χ0n) is 14.4. The molecule has 0 fully saturated rings. The monoisotopic (exact) mass is 281 g/mol. The van der Waals surface area contributed by atoms with E-state index >= 15 is 0 Å². The Morgan fingerprint density at radius 3 is 1.86 bits per heavy atom. The highest BCUT2D eigenvalue weighted by Gasteiger charge is 2.14. The Bertz CT molecular complexity index is 639. The lowest BCUT2D eigenvalue weighted by Gasteiger charge is -2.20. The van der Waals surface area contributed by atoms with Crippen molar-refractivity contribution in [1.82, 2.24) is 5.32 Å². The first kappa shape index (κ1) is 15.8. The summed E-state index contributed by atoms with van der Waals surface area (Å²) in [5.41, 5.74) is 11.1. The Morgan fingerprint density at radius 1 is 0.810 bits per heavy atom. The van der Waals surface area contributed by atoms with Crippen LogP contribution in [0.25, 0.3) is 11.1 Å². The second-order valence-electron chi connectivity index (χ2n) is 6.14. The topological polar surface area (TPSA) is 12.0 Å². The molecule has 0 spiro atoms. The quantitative estimate of drug-likeness (QED) is 0.817. The van der Waals surface area contributed by atoms with Crippen LogP contribution in [0.15, 0.2) is 24.3 Å². The largest absolute Gasteiger partial charge is 0.313 e. The minimum absolute atomic E-state index is 0.373. The van der Waals surface area contributed by atoms with Crippen LogP contribution in [0.2, 0.25) is 0 Å². The van der Waals surface area contributed by atoms with Crippen LogP contribution in [-0.2, 0) is 0 Å². The molecule has 21 heavy (non-hydrogen) atoms. The average Bonchev–Trinajstić information content (AvgIpc) is 2.50. The molecule has 0 amide bonds. The van der Waals surface area contributed by atoms with Crippen molar-refractivity contribution in [3.8, 4) is 11.1 Å². The molecule has 0 radical (unpaired) electrons. The molecule has 2 aromatic carbocycles. The minimum atomic E-state index is 0.373. The molecule has 1 atom stereocenters. The molecule has 0 heterocycles. The van der Waals surface area contributed by atoms with Crippen molar-refractivity contribution < 1.29 is 0 Å². The fourth-order valence-electron chi connectivity index (χ4n) is 3.06. The van der Waals surface area contributed by atoms with E-state index in [1.54, 1.807) is 0 Å². The summed E-state index contributed by atoms with van der Waals surface area (Å²) in [5, 5.41) is 3.32. The van der Waals surface area contributed by atoms with Gasteiger partial charge in [-0.2, -0.15) is 0 Å². The first-order chi connectivity index (χ1) is 9.88. The van der Waals surface area contributed by atoms with Gasteiger partial charge in [-0.05, 0) is 99.2 Å². The Morgan fingerprint density at radius 2 is 1.33 bits per heavy atom. The Hall–Kier alpha value is -1.60. The average molecular weight is 281 g/mol. The van der Waals surface area contributed by atoms with E-state index in [4.69, 9.17) is 0 Å². The summed E-state index contributed by atoms with van der Waals surface area (Å²) in [6.07, 6.45) is 0. The van der Waals surface area contributed by atoms with Crippen LogP contribution in [0.5, 0.6) is 0 Å². The van der Waals surface area contributed by atoms with E-state index in [0.717, 1.165) is 0 Å². The summed E-state index contributed by atoms with van der Waals surface area (Å²) in [6, 6.07) is 9.30. The van der Waals surface area contributed by atoms with Crippen LogP contribution >= 0.6 is 0 Å². The van der Waals surface area contributed by atoms with Crippen molar-refractivity contribution in [1.29, 1.82) is 0 Å². The molecule has 0 saturated heterocycles. The first-order valence-corrected chi connectivity index (χ1v) is 7.73. The van der Waals surface area contributed by atoms with Crippen molar-refractivity contribution >= 4 is 0 Å². The predicted molar refractivity (Wildman–Crippen MR) is 93.0 cm³/mol. The molecule has 1 N–H and O–H groups in total. The molecule has 0 bridgehead atoms. The highest BCUT2D eigenvalue weighted by Crippen LogP contribution is 2.34. The van der Waals surface area contributed by atoms with Gasteiger partial charge in [-0.15, -0.1) is 0 Å². The van der Waals surface area contributed by atoms with Crippen LogP contribution in [0, 0.1) is 34.6 Å². The summed E-state index contributed by atoms with van der Waals surface area (Å²) in [4.78, 5) is 0. The van der Waals surface area contributed by atoms with Crippen LogP contribution in [0.1, 0.15) is 46.3 Å². The number of benzene rings is 2. The summed E-state index contributed by atoms with van der Waals surface area (Å²) in [6.45, 7) is 13.4. The first-order valence-electron chi connectivity index (χ1n) is 7.73. The fourth-order valence-corrected chi connectivity index (χ4v) is 3.06. The number of hydrogen-bond acceptors (Lipinski definition) is 1. The molecule has 1 unspecified atom stereocenters. The number of rotatable bonds is 3. The van der Waals surface area contributed by atoms with Crippen LogP contribution in [-0.4, -0.2) is 7.05 Å². The summed E-state index contributed by atoms with van der Waals surface area (Å²) < 4.78 is 0. The SMILES string of the molecule is CNC(C)c1cccc(-c2c(C)c(C)c(C)c(C)c2C)c1. The second-order valence-corrected chi connectivity index (χ2v) is 6.14. The van der Waals surface area contributed by atoms with E-state index < -0.39 is 0 Å². The molecule has 0 aliphatic heterocycles. The molecule has 112 valence electrons. The molecule has 2 aromatic rings. The maximum Gasteiger partial charge on any atom is 0.0289 e. The van der Waals surface area contributed by atoms with Gasteiger partial charge in [-0.1, -0.05) is 18.2 Å². The van der Waals surface area contributed by atoms with Crippen molar-refractivity contribution in [3.63, 3.8) is 0 Å². The van der Waals surface area contributed by atoms with Gasteiger partial charge in [0.25, 0.3) is 0 Å². The van der Waals surface area contributed by atoms with E-state index in [9.17, 15) is 0 Å². The van der Waals surface area contributed by atoms with Crippen LogP contribution in [0.3, 0.4) is 0 Å². The number of nitrogens with one attached hydrogen (secondary N) is 1. The summed E-state index contributed by atoms with van der Waals surface area (Å²) in [7, 11) is 2.01. The van der Waals surface area contributed by atoms with E-state index in [1.165, 1.54) is 44.5 Å². The van der Waals surface area contributed by atoms with Gasteiger partial charge in [0.1, 0.15) is 0 Å². The van der Waals surface area contributed by atoms with Gasteiger partial charge < -0.3 is 5.32 Å². The van der Waals surface area contributed by atoms with Crippen molar-refractivity contribution in [2.24, 2.45) is 0 Å². The van der Waals surface area contributed by atoms with Crippen LogP contribution in [0.4, 0.5) is 0 Å². The lowest BCUT2D eigenvalue weighted by atomic mass is 9.85. The second kappa shape index (κ2) is 6.03. The van der Waals surface area contributed by atoms with Gasteiger partial charge in [0, 0.05) is 6.04 Å². The molecular weight excluding hydrogens is 254 g/mol. The Kier molecular flexibility index (Phi) is 4.53. The highest BCUT2D eigenvalue weighted by molar-refractivity contribution is 5.75. The third-order valence-electron chi connectivity index (χ3n) is 5.11. The molecule has 0 aliphatic rings. The molecule has 1 nitrogen and oxygen atoms in total. The number of hydrogen-bond donors (Lipinski definition) is 1. The molecular formula is C20H27N. The fraction of sp³-hybridized carbons (Fsp3) is 0.400. The lowest BCUT2D eigenvalue weighted by Crippen LogP contribution is -2.12. The Balaban J connectivity index is 2.68. The smallest absolute Gasteiger partial charge is 0.0289 e. The molecule has 1 heteroatoms. The maximum atomic E-state index is 3.32. The third kappa shape index (κ3) is 2.75. The minimum Gasteiger partial charge on any atom is -0.313 e. The molecule has 0 aromatic heterocycles.